The number of alkyl halides is 3. The normalized spacial score (nSPS) is 14.4. The smallest absolute Gasteiger partial charge is 0.375 e. The molecule has 0 aliphatic heterocycles. The van der Waals surface area contributed by atoms with E-state index in [9.17, 15) is 35.5 Å². The van der Waals surface area contributed by atoms with Crippen molar-refractivity contribution in [3.05, 3.63) is 65.5 Å². The maximum atomic E-state index is 13.9. The van der Waals surface area contributed by atoms with E-state index in [1.165, 1.54) is 6.92 Å². The molecule has 4 aromatic rings. The number of sulfone groups is 1. The molecule has 1 atom stereocenters. The maximum Gasteiger partial charge on any atom is 0.423 e. The minimum absolute atomic E-state index is 0.0172. The number of hydrogen-bond acceptors (Lipinski definition) is 6. The number of fused-ring (bicyclic) bond motifs is 1. The van der Waals surface area contributed by atoms with Crippen molar-refractivity contribution in [3.8, 4) is 11.1 Å². The molecule has 0 saturated carbocycles. The van der Waals surface area contributed by atoms with Crippen molar-refractivity contribution in [1.29, 1.82) is 0 Å². The Balaban J connectivity index is 1.76. The summed E-state index contributed by atoms with van der Waals surface area (Å²) in [6.07, 6.45) is -3.59. The lowest BCUT2D eigenvalue weighted by Crippen LogP contribution is -2.42. The second-order valence-electron chi connectivity index (χ2n) is 8.04. The summed E-state index contributed by atoms with van der Waals surface area (Å²) in [7, 11) is -3.76. The largest absolute Gasteiger partial charge is 0.423 e. The average Bonchev–Trinajstić information content (AvgIpc) is 3.36. The predicted molar refractivity (Wildman–Crippen MR) is 120 cm³/mol. The van der Waals surface area contributed by atoms with Gasteiger partial charge in [-0.2, -0.15) is 13.2 Å². The van der Waals surface area contributed by atoms with Crippen molar-refractivity contribution in [1.82, 2.24) is 15.0 Å². The summed E-state index contributed by atoms with van der Waals surface area (Å²) in [5.41, 5.74) is -2.99. The highest BCUT2D eigenvalue weighted by Crippen LogP contribution is 2.43. The predicted octanol–water partition coefficient (Wildman–Crippen LogP) is 5.05. The van der Waals surface area contributed by atoms with Crippen molar-refractivity contribution in [3.63, 3.8) is 0 Å². The van der Waals surface area contributed by atoms with E-state index in [0.29, 0.717) is 21.7 Å². The number of aromatic nitrogens is 3. The van der Waals surface area contributed by atoms with Crippen LogP contribution in [0.3, 0.4) is 0 Å². The second-order valence-corrected chi connectivity index (χ2v) is 11.3. The quantitative estimate of drug-likeness (QED) is 0.352. The van der Waals surface area contributed by atoms with E-state index in [0.717, 1.165) is 40.6 Å². The van der Waals surface area contributed by atoms with Crippen molar-refractivity contribution in [2.75, 3.05) is 6.26 Å². The number of benzene rings is 2. The van der Waals surface area contributed by atoms with Crippen LogP contribution >= 0.6 is 11.3 Å². The van der Waals surface area contributed by atoms with E-state index in [2.05, 4.69) is 10.3 Å². The maximum absolute atomic E-state index is 13.9. The molecule has 35 heavy (non-hydrogen) atoms. The van der Waals surface area contributed by atoms with Crippen LogP contribution < -0.4 is 0 Å². The first-order valence-electron chi connectivity index (χ1n) is 10.1. The van der Waals surface area contributed by atoms with Crippen LogP contribution in [0.25, 0.3) is 21.2 Å². The highest BCUT2D eigenvalue weighted by Gasteiger charge is 2.55. The van der Waals surface area contributed by atoms with Gasteiger partial charge in [0.25, 0.3) is 0 Å². The molecular weight excluding hydrogens is 513 g/mol. The van der Waals surface area contributed by atoms with Crippen LogP contribution in [-0.4, -0.2) is 41.0 Å². The Morgan fingerprint density at radius 2 is 1.74 bits per heavy atom. The van der Waals surface area contributed by atoms with Gasteiger partial charge >= 0.3 is 6.18 Å². The Kier molecular flexibility index (Phi) is 6.22. The monoisotopic (exact) mass is 531 g/mol. The number of rotatable bonds is 6. The first kappa shape index (κ1) is 25.2. The lowest BCUT2D eigenvalue weighted by atomic mass is 9.96. The Morgan fingerprint density at radius 1 is 1.09 bits per heavy atom. The molecule has 0 bridgehead atoms. The van der Waals surface area contributed by atoms with Crippen molar-refractivity contribution >= 4 is 31.3 Å². The molecule has 6 nitrogen and oxygen atoms in total. The molecule has 0 amide bonds. The van der Waals surface area contributed by atoms with Crippen molar-refractivity contribution in [2.45, 2.75) is 35.9 Å². The van der Waals surface area contributed by atoms with Crippen LogP contribution in [0.1, 0.15) is 24.6 Å². The Bertz CT molecular complexity index is 1510. The van der Waals surface area contributed by atoms with Gasteiger partial charge in [0.05, 0.1) is 12.7 Å². The van der Waals surface area contributed by atoms with E-state index in [1.807, 2.05) is 0 Å². The van der Waals surface area contributed by atoms with Crippen LogP contribution in [0.4, 0.5) is 22.0 Å². The van der Waals surface area contributed by atoms with Crippen molar-refractivity contribution < 1.29 is 35.5 Å². The average molecular weight is 532 g/mol. The molecule has 0 fully saturated rings. The summed E-state index contributed by atoms with van der Waals surface area (Å²) in [6, 6.07) is 7.55. The SMILES string of the molecule is CCC(O)(c1cn(Cc2ccc3c(-c4cc(F)cc(F)c4)c(S(C)(=O)=O)sc3c2)nn1)C(F)(F)F. The third-order valence-corrected chi connectivity index (χ3v) is 8.48. The minimum Gasteiger partial charge on any atom is -0.375 e. The van der Waals surface area contributed by atoms with Gasteiger partial charge < -0.3 is 5.11 Å². The molecule has 2 heterocycles. The molecule has 2 aromatic carbocycles. The van der Waals surface area contributed by atoms with Gasteiger partial charge in [-0.15, -0.1) is 16.4 Å². The molecule has 1 N–H and O–H groups in total. The summed E-state index contributed by atoms with van der Waals surface area (Å²) in [4.78, 5) is 0. The Labute approximate surface area is 200 Å². The summed E-state index contributed by atoms with van der Waals surface area (Å²) in [5, 5.41) is 17.7. The van der Waals surface area contributed by atoms with Crippen LogP contribution in [0.15, 0.2) is 46.8 Å². The zero-order valence-electron chi connectivity index (χ0n) is 18.3. The van der Waals surface area contributed by atoms with Gasteiger partial charge in [-0.3, -0.25) is 0 Å². The van der Waals surface area contributed by atoms with Gasteiger partial charge in [-0.05, 0) is 35.7 Å². The molecule has 13 heteroatoms. The Hall–Kier alpha value is -2.90. The topological polar surface area (TPSA) is 85.1 Å². The number of nitrogens with zero attached hydrogens (tertiary/aromatic N) is 3. The highest BCUT2D eigenvalue weighted by molar-refractivity contribution is 7.93. The fraction of sp³-hybridized carbons (Fsp3) is 0.273. The lowest BCUT2D eigenvalue weighted by molar-refractivity contribution is -0.269. The molecule has 0 saturated heterocycles. The minimum atomic E-state index is -4.94. The Morgan fingerprint density at radius 3 is 2.31 bits per heavy atom. The van der Waals surface area contributed by atoms with E-state index in [1.54, 1.807) is 18.2 Å². The molecule has 186 valence electrons. The zero-order valence-corrected chi connectivity index (χ0v) is 19.9. The van der Waals surface area contributed by atoms with E-state index < -0.39 is 45.4 Å². The van der Waals surface area contributed by atoms with Crippen LogP contribution in [0, 0.1) is 11.6 Å². The fourth-order valence-corrected chi connectivity index (χ4v) is 6.22. The number of aliphatic hydroxyl groups is 1. The second kappa shape index (κ2) is 8.64. The molecule has 0 spiro atoms. The third-order valence-electron chi connectivity index (χ3n) is 5.50. The third kappa shape index (κ3) is 4.67. The van der Waals surface area contributed by atoms with Crippen LogP contribution in [0.2, 0.25) is 0 Å². The number of halogens is 5. The fourth-order valence-electron chi connectivity index (χ4n) is 3.73. The molecule has 0 radical (unpaired) electrons. The van der Waals surface area contributed by atoms with Gasteiger partial charge in [0.2, 0.25) is 5.60 Å². The van der Waals surface area contributed by atoms with Gasteiger partial charge in [0, 0.05) is 28.0 Å². The standard InChI is InChI=1S/C22H18F5N3O3S2/c1-3-21(31,22(25,26)27)18-11-30(29-28-18)10-12-4-5-16-17(6-12)34-20(35(2,32)33)19(16)13-7-14(23)9-15(24)8-13/h4-9,11,31H,3,10H2,1-2H3. The summed E-state index contributed by atoms with van der Waals surface area (Å²) in [6.45, 7) is 1.16. The van der Waals surface area contributed by atoms with Gasteiger partial charge in [-0.25, -0.2) is 21.9 Å². The number of thiophene rings is 1. The molecule has 2 aromatic heterocycles. The summed E-state index contributed by atoms with van der Waals surface area (Å²) < 4.78 is 94.0. The molecule has 4 rings (SSSR count). The van der Waals surface area contributed by atoms with Crippen LogP contribution in [-0.2, 0) is 22.0 Å². The zero-order chi connectivity index (χ0) is 25.8. The van der Waals surface area contributed by atoms with Gasteiger partial charge in [-0.1, -0.05) is 24.3 Å². The summed E-state index contributed by atoms with van der Waals surface area (Å²) >= 11 is 0.912. The van der Waals surface area contributed by atoms with Crippen molar-refractivity contribution in [2.24, 2.45) is 0 Å². The van der Waals surface area contributed by atoms with Gasteiger partial charge in [0.15, 0.2) is 9.84 Å². The summed E-state index contributed by atoms with van der Waals surface area (Å²) in [5.74, 6) is -1.72. The molecule has 0 aliphatic carbocycles. The van der Waals surface area contributed by atoms with Crippen LogP contribution in [0.5, 0.6) is 0 Å². The van der Waals surface area contributed by atoms with Gasteiger partial charge in [0.1, 0.15) is 21.5 Å². The first-order chi connectivity index (χ1) is 16.2. The molecule has 0 aliphatic rings. The molecule has 1 unspecified atom stereocenters. The van der Waals surface area contributed by atoms with E-state index in [-0.39, 0.29) is 21.9 Å². The highest BCUT2D eigenvalue weighted by atomic mass is 32.2. The van der Waals surface area contributed by atoms with E-state index in [4.69, 9.17) is 0 Å². The lowest BCUT2D eigenvalue weighted by Gasteiger charge is -2.26. The van der Waals surface area contributed by atoms with E-state index >= 15 is 0 Å². The first-order valence-corrected chi connectivity index (χ1v) is 12.9. The molecular formula is C22H18F5N3O3S2. The number of hydrogen-bond donors (Lipinski definition) is 1.